The standard InChI is InChI=1S/C25H20Cl2N2O4S/c1-4-12-33-24(31)21-14(2)28-25-29(22(21)15-8-10-16(32-3)11-9-15)23(30)20(34-25)13-17-18(26)6-5-7-19(17)27/h4-11,13,22H,1,12H2,2-3H3. The van der Waals surface area contributed by atoms with Crippen LogP contribution in [-0.2, 0) is 9.53 Å². The van der Waals surface area contributed by atoms with Gasteiger partial charge in [0.15, 0.2) is 4.80 Å². The number of benzene rings is 2. The number of fused-ring (bicyclic) bond motifs is 1. The van der Waals surface area contributed by atoms with Gasteiger partial charge in [0.1, 0.15) is 12.4 Å². The van der Waals surface area contributed by atoms with Crippen molar-refractivity contribution in [3.63, 3.8) is 0 Å². The predicted octanol–water partition coefficient (Wildman–Crippen LogP) is 4.28. The Hall–Kier alpha value is -3.13. The molecule has 0 saturated carbocycles. The highest BCUT2D eigenvalue weighted by molar-refractivity contribution is 7.07. The third-order valence-electron chi connectivity index (χ3n) is 5.28. The van der Waals surface area contributed by atoms with Crippen LogP contribution in [0.4, 0.5) is 0 Å². The second kappa shape index (κ2) is 10.0. The van der Waals surface area contributed by atoms with E-state index in [4.69, 9.17) is 32.7 Å². The van der Waals surface area contributed by atoms with E-state index < -0.39 is 12.0 Å². The Morgan fingerprint density at radius 2 is 1.88 bits per heavy atom. The van der Waals surface area contributed by atoms with Crippen molar-refractivity contribution in [3.8, 4) is 5.75 Å². The molecule has 6 nitrogen and oxygen atoms in total. The number of hydrogen-bond acceptors (Lipinski definition) is 6. The summed E-state index contributed by atoms with van der Waals surface area (Å²) in [6.07, 6.45) is 3.13. The van der Waals surface area contributed by atoms with Gasteiger partial charge in [-0.15, -0.1) is 0 Å². The highest BCUT2D eigenvalue weighted by Crippen LogP contribution is 2.32. The molecular formula is C25H20Cl2N2O4S. The average Bonchev–Trinajstić information content (AvgIpc) is 3.13. The summed E-state index contributed by atoms with van der Waals surface area (Å²) in [5.41, 5.74) is 1.68. The van der Waals surface area contributed by atoms with Crippen molar-refractivity contribution in [1.82, 2.24) is 4.57 Å². The highest BCUT2D eigenvalue weighted by Gasteiger charge is 2.33. The molecule has 0 aliphatic carbocycles. The molecule has 0 spiro atoms. The van der Waals surface area contributed by atoms with E-state index in [1.54, 1.807) is 50.4 Å². The van der Waals surface area contributed by atoms with Crippen LogP contribution in [-0.4, -0.2) is 24.3 Å². The SMILES string of the molecule is C=CCOC(=O)C1=C(C)N=c2sc(=Cc3c(Cl)cccc3Cl)c(=O)n2C1c1ccc(OC)cc1. The van der Waals surface area contributed by atoms with Gasteiger partial charge in [-0.25, -0.2) is 9.79 Å². The Morgan fingerprint density at radius 3 is 2.50 bits per heavy atom. The van der Waals surface area contributed by atoms with E-state index in [1.807, 2.05) is 12.1 Å². The van der Waals surface area contributed by atoms with Gasteiger partial charge in [0.05, 0.1) is 29.0 Å². The maximum atomic E-state index is 13.6. The van der Waals surface area contributed by atoms with E-state index in [1.165, 1.54) is 22.0 Å². The van der Waals surface area contributed by atoms with E-state index in [9.17, 15) is 9.59 Å². The summed E-state index contributed by atoms with van der Waals surface area (Å²) in [7, 11) is 1.57. The number of ether oxygens (including phenoxy) is 2. The number of methoxy groups -OCH3 is 1. The van der Waals surface area contributed by atoms with Crippen molar-refractivity contribution < 1.29 is 14.3 Å². The first-order valence-corrected chi connectivity index (χ1v) is 11.8. The summed E-state index contributed by atoms with van der Waals surface area (Å²) >= 11 is 13.8. The zero-order valence-corrected chi connectivity index (χ0v) is 20.7. The van der Waals surface area contributed by atoms with E-state index >= 15 is 0 Å². The van der Waals surface area contributed by atoms with Gasteiger partial charge in [-0.2, -0.15) is 0 Å². The fourth-order valence-corrected chi connectivity index (χ4v) is 5.21. The highest BCUT2D eigenvalue weighted by atomic mass is 35.5. The fraction of sp³-hybridized carbons (Fsp3) is 0.160. The number of nitrogens with zero attached hydrogens (tertiary/aromatic N) is 2. The minimum Gasteiger partial charge on any atom is -0.497 e. The summed E-state index contributed by atoms with van der Waals surface area (Å²) < 4.78 is 12.5. The molecule has 0 bridgehead atoms. The summed E-state index contributed by atoms with van der Waals surface area (Å²) in [5, 5.41) is 0.852. The summed E-state index contributed by atoms with van der Waals surface area (Å²) in [6, 6.07) is 11.6. The molecule has 0 amide bonds. The van der Waals surface area contributed by atoms with Crippen molar-refractivity contribution in [2.45, 2.75) is 13.0 Å². The van der Waals surface area contributed by atoms with E-state index in [-0.39, 0.29) is 17.7 Å². The van der Waals surface area contributed by atoms with Crippen molar-refractivity contribution in [1.29, 1.82) is 0 Å². The van der Waals surface area contributed by atoms with Crippen LogP contribution in [0.15, 0.2) is 76.2 Å². The van der Waals surface area contributed by atoms with Crippen molar-refractivity contribution >= 4 is 46.6 Å². The maximum absolute atomic E-state index is 13.6. The monoisotopic (exact) mass is 514 g/mol. The molecule has 34 heavy (non-hydrogen) atoms. The lowest BCUT2D eigenvalue weighted by Gasteiger charge is -2.24. The maximum Gasteiger partial charge on any atom is 0.338 e. The van der Waals surface area contributed by atoms with E-state index in [0.29, 0.717) is 42.0 Å². The molecule has 0 fully saturated rings. The lowest BCUT2D eigenvalue weighted by molar-refractivity contribution is -0.138. The number of halogens is 2. The van der Waals surface area contributed by atoms with Crippen LogP contribution >= 0.6 is 34.5 Å². The molecular weight excluding hydrogens is 495 g/mol. The van der Waals surface area contributed by atoms with E-state index in [2.05, 4.69) is 11.6 Å². The number of allylic oxidation sites excluding steroid dienone is 1. The normalized spacial score (nSPS) is 15.5. The molecule has 174 valence electrons. The Labute approximate surface area is 209 Å². The second-order valence-electron chi connectivity index (χ2n) is 7.38. The molecule has 0 N–H and O–H groups in total. The Bertz CT molecular complexity index is 1470. The van der Waals surface area contributed by atoms with Gasteiger partial charge in [0.25, 0.3) is 5.56 Å². The number of aromatic nitrogens is 1. The number of carbonyl (C=O) groups is 1. The van der Waals surface area contributed by atoms with Crippen LogP contribution in [0, 0.1) is 0 Å². The van der Waals surface area contributed by atoms with Gasteiger partial charge < -0.3 is 9.47 Å². The molecule has 1 aromatic heterocycles. The van der Waals surface area contributed by atoms with Crippen molar-refractivity contribution in [2.75, 3.05) is 13.7 Å². The molecule has 1 unspecified atom stereocenters. The first kappa shape index (κ1) is 24.0. The Kier molecular flexibility index (Phi) is 7.07. The zero-order valence-electron chi connectivity index (χ0n) is 18.4. The number of carbonyl (C=O) groups excluding carboxylic acids is 1. The summed E-state index contributed by atoms with van der Waals surface area (Å²) in [6.45, 7) is 5.36. The lowest BCUT2D eigenvalue weighted by atomic mass is 9.96. The molecule has 1 aliphatic heterocycles. The van der Waals surface area contributed by atoms with Gasteiger partial charge in [-0.1, -0.05) is 65.4 Å². The third-order valence-corrected chi connectivity index (χ3v) is 6.92. The van der Waals surface area contributed by atoms with Gasteiger partial charge in [-0.3, -0.25) is 9.36 Å². The molecule has 1 atom stereocenters. The molecule has 2 heterocycles. The number of esters is 1. The molecule has 0 saturated heterocycles. The number of hydrogen-bond donors (Lipinski definition) is 0. The van der Waals surface area contributed by atoms with Crippen molar-refractivity contribution in [2.24, 2.45) is 4.99 Å². The van der Waals surface area contributed by atoms with Gasteiger partial charge in [0.2, 0.25) is 0 Å². The fourth-order valence-electron chi connectivity index (χ4n) is 3.68. The van der Waals surface area contributed by atoms with Gasteiger partial charge in [0, 0.05) is 15.6 Å². The molecule has 1 aliphatic rings. The topological polar surface area (TPSA) is 69.9 Å². The number of thiazole rings is 1. The zero-order chi connectivity index (χ0) is 24.4. The lowest BCUT2D eigenvalue weighted by Crippen LogP contribution is -2.39. The molecule has 0 radical (unpaired) electrons. The summed E-state index contributed by atoms with van der Waals surface area (Å²) in [4.78, 5) is 31.6. The largest absolute Gasteiger partial charge is 0.497 e. The van der Waals surface area contributed by atoms with E-state index in [0.717, 1.165) is 0 Å². The van der Waals surface area contributed by atoms with Gasteiger partial charge in [-0.05, 0) is 42.8 Å². The first-order valence-electron chi connectivity index (χ1n) is 10.2. The van der Waals surface area contributed by atoms with Gasteiger partial charge >= 0.3 is 5.97 Å². The molecule has 9 heteroatoms. The second-order valence-corrected chi connectivity index (χ2v) is 9.20. The molecule has 4 rings (SSSR count). The quantitative estimate of drug-likeness (QED) is 0.363. The molecule has 2 aromatic carbocycles. The Balaban J connectivity index is 1.95. The third kappa shape index (κ3) is 4.46. The van der Waals surface area contributed by atoms with Crippen LogP contribution in [0.3, 0.4) is 0 Å². The average molecular weight is 515 g/mol. The smallest absolute Gasteiger partial charge is 0.338 e. The van der Waals surface area contributed by atoms with Crippen LogP contribution < -0.4 is 19.6 Å². The van der Waals surface area contributed by atoms with Crippen LogP contribution in [0.2, 0.25) is 10.0 Å². The summed E-state index contributed by atoms with van der Waals surface area (Å²) in [5.74, 6) is 0.0893. The van der Waals surface area contributed by atoms with Crippen LogP contribution in [0.25, 0.3) is 6.08 Å². The minimum absolute atomic E-state index is 0.0420. The van der Waals surface area contributed by atoms with Crippen LogP contribution in [0.5, 0.6) is 5.75 Å². The Morgan fingerprint density at radius 1 is 1.21 bits per heavy atom. The van der Waals surface area contributed by atoms with Crippen LogP contribution in [0.1, 0.15) is 24.1 Å². The minimum atomic E-state index is -0.733. The molecule has 3 aromatic rings. The predicted molar refractivity (Wildman–Crippen MR) is 134 cm³/mol. The number of rotatable bonds is 6. The first-order chi connectivity index (χ1) is 16.3. The van der Waals surface area contributed by atoms with Crippen molar-refractivity contribution in [3.05, 3.63) is 107 Å².